The number of halogens is 1. The maximum absolute atomic E-state index is 12.7. The van der Waals surface area contributed by atoms with E-state index in [-0.39, 0.29) is 11.9 Å². The van der Waals surface area contributed by atoms with Gasteiger partial charge in [-0.1, -0.05) is 55.8 Å². The van der Waals surface area contributed by atoms with Gasteiger partial charge < -0.3 is 10.1 Å². The first-order valence-corrected chi connectivity index (χ1v) is 9.12. The Kier molecular flexibility index (Phi) is 6.89. The molecule has 0 aliphatic rings. The van der Waals surface area contributed by atoms with E-state index in [2.05, 4.69) is 44.3 Å². The first-order valence-electron chi connectivity index (χ1n) is 8.75. The molecule has 1 amide bonds. The molecule has 1 N–H and O–H groups in total. The molecule has 4 heteroatoms. The number of hydrogen-bond acceptors (Lipinski definition) is 2. The van der Waals surface area contributed by atoms with Crippen LogP contribution in [-0.2, 0) is 4.79 Å². The molecule has 2 atom stereocenters. The van der Waals surface area contributed by atoms with Crippen molar-refractivity contribution >= 4 is 17.5 Å². The van der Waals surface area contributed by atoms with Gasteiger partial charge in [-0.15, -0.1) is 0 Å². The molecule has 0 spiro atoms. The smallest absolute Gasteiger partial charge is 0.261 e. The summed E-state index contributed by atoms with van der Waals surface area (Å²) < 4.78 is 5.84. The summed E-state index contributed by atoms with van der Waals surface area (Å²) in [5.41, 5.74) is 3.59. The van der Waals surface area contributed by atoms with Gasteiger partial charge in [-0.05, 0) is 55.5 Å². The summed E-state index contributed by atoms with van der Waals surface area (Å²) >= 11 is 6.13. The van der Waals surface area contributed by atoms with Gasteiger partial charge >= 0.3 is 0 Å². The fraction of sp³-hybridized carbons (Fsp3) is 0.381. The molecule has 0 aliphatic heterocycles. The van der Waals surface area contributed by atoms with E-state index in [4.69, 9.17) is 16.3 Å². The SMILES string of the molecule is CC[C@H](NC(=O)[C@@H](CC)Oc1ccccc1Cl)c1ccc(C)c(C)c1. The van der Waals surface area contributed by atoms with Gasteiger partial charge in [-0.3, -0.25) is 4.79 Å². The van der Waals surface area contributed by atoms with Gasteiger partial charge in [0, 0.05) is 0 Å². The predicted molar refractivity (Wildman–Crippen MR) is 103 cm³/mol. The molecule has 25 heavy (non-hydrogen) atoms. The molecule has 134 valence electrons. The molecule has 0 heterocycles. The molecular weight excluding hydrogens is 334 g/mol. The van der Waals surface area contributed by atoms with Crippen LogP contribution in [0.1, 0.15) is 49.4 Å². The minimum absolute atomic E-state index is 0.0318. The van der Waals surface area contributed by atoms with E-state index in [9.17, 15) is 4.79 Å². The van der Waals surface area contributed by atoms with Crippen LogP contribution in [0, 0.1) is 13.8 Å². The number of ether oxygens (including phenoxy) is 1. The lowest BCUT2D eigenvalue weighted by Crippen LogP contribution is -2.40. The minimum Gasteiger partial charge on any atom is -0.479 e. The van der Waals surface area contributed by atoms with Gasteiger partial charge in [-0.25, -0.2) is 0 Å². The Morgan fingerprint density at radius 1 is 1.08 bits per heavy atom. The standard InChI is InChI=1S/C21H26ClNO2/c1-5-18(16-12-11-14(3)15(4)13-16)23-21(24)19(6-2)25-20-10-8-7-9-17(20)22/h7-13,18-19H,5-6H2,1-4H3,(H,23,24)/t18-,19+/m0/s1. The van der Waals surface area contributed by atoms with Crippen LogP contribution < -0.4 is 10.1 Å². The highest BCUT2D eigenvalue weighted by atomic mass is 35.5. The maximum atomic E-state index is 12.7. The Morgan fingerprint density at radius 3 is 2.40 bits per heavy atom. The number of benzene rings is 2. The number of amides is 1. The Balaban J connectivity index is 2.11. The molecule has 2 aromatic carbocycles. The molecule has 0 fully saturated rings. The minimum atomic E-state index is -0.569. The monoisotopic (exact) mass is 359 g/mol. The molecule has 2 aromatic rings. The summed E-state index contributed by atoms with van der Waals surface area (Å²) in [5.74, 6) is 0.415. The summed E-state index contributed by atoms with van der Waals surface area (Å²) in [6.45, 7) is 8.17. The van der Waals surface area contributed by atoms with Crippen molar-refractivity contribution < 1.29 is 9.53 Å². The van der Waals surface area contributed by atoms with Gasteiger partial charge in [-0.2, -0.15) is 0 Å². The van der Waals surface area contributed by atoms with Crippen molar-refractivity contribution in [1.82, 2.24) is 5.32 Å². The topological polar surface area (TPSA) is 38.3 Å². The van der Waals surface area contributed by atoms with Crippen molar-refractivity contribution in [3.8, 4) is 5.75 Å². The second-order valence-electron chi connectivity index (χ2n) is 6.26. The summed E-state index contributed by atoms with van der Waals surface area (Å²) in [5, 5.41) is 3.62. The van der Waals surface area contributed by atoms with E-state index in [1.807, 2.05) is 19.1 Å². The molecule has 0 bridgehead atoms. The predicted octanol–water partition coefficient (Wildman–Crippen LogP) is 5.38. The Bertz CT molecular complexity index is 730. The fourth-order valence-electron chi connectivity index (χ4n) is 2.68. The largest absolute Gasteiger partial charge is 0.479 e. The molecule has 0 saturated heterocycles. The molecule has 2 rings (SSSR count). The zero-order chi connectivity index (χ0) is 18.4. The van der Waals surface area contributed by atoms with E-state index in [0.29, 0.717) is 17.2 Å². The molecule has 0 radical (unpaired) electrons. The van der Waals surface area contributed by atoms with Crippen LogP contribution in [0.4, 0.5) is 0 Å². The van der Waals surface area contributed by atoms with Gasteiger partial charge in [0.25, 0.3) is 5.91 Å². The van der Waals surface area contributed by atoms with E-state index in [1.54, 1.807) is 12.1 Å². The Hall–Kier alpha value is -2.00. The van der Waals surface area contributed by atoms with Gasteiger partial charge in [0.2, 0.25) is 0 Å². The normalized spacial score (nSPS) is 13.2. The van der Waals surface area contributed by atoms with E-state index in [1.165, 1.54) is 11.1 Å². The van der Waals surface area contributed by atoms with Gasteiger partial charge in [0.15, 0.2) is 6.10 Å². The molecule has 3 nitrogen and oxygen atoms in total. The average molecular weight is 360 g/mol. The van der Waals surface area contributed by atoms with Crippen molar-refractivity contribution in [2.75, 3.05) is 0 Å². The van der Waals surface area contributed by atoms with Crippen LogP contribution in [0.15, 0.2) is 42.5 Å². The number of para-hydroxylation sites is 1. The lowest BCUT2D eigenvalue weighted by atomic mass is 9.99. The van der Waals surface area contributed by atoms with Gasteiger partial charge in [0.05, 0.1) is 11.1 Å². The highest BCUT2D eigenvalue weighted by Gasteiger charge is 2.22. The van der Waals surface area contributed by atoms with E-state index in [0.717, 1.165) is 12.0 Å². The first-order chi connectivity index (χ1) is 12.0. The maximum Gasteiger partial charge on any atom is 0.261 e. The van der Waals surface area contributed by atoms with Gasteiger partial charge in [0.1, 0.15) is 5.75 Å². The van der Waals surface area contributed by atoms with Crippen molar-refractivity contribution in [3.05, 3.63) is 64.2 Å². The lowest BCUT2D eigenvalue weighted by molar-refractivity contribution is -0.128. The third kappa shape index (κ3) is 4.99. The van der Waals surface area contributed by atoms with Crippen LogP contribution in [0.5, 0.6) is 5.75 Å². The quantitative estimate of drug-likeness (QED) is 0.720. The average Bonchev–Trinajstić information content (AvgIpc) is 2.61. The number of carbonyl (C=O) groups is 1. The summed E-state index contributed by atoms with van der Waals surface area (Å²) in [7, 11) is 0. The second-order valence-corrected chi connectivity index (χ2v) is 6.67. The summed E-state index contributed by atoms with van der Waals surface area (Å²) in [4.78, 5) is 12.7. The third-order valence-corrected chi connectivity index (χ3v) is 4.74. The first kappa shape index (κ1) is 19.3. The zero-order valence-corrected chi connectivity index (χ0v) is 16.1. The van der Waals surface area contributed by atoms with Crippen molar-refractivity contribution in [2.24, 2.45) is 0 Å². The molecular formula is C21H26ClNO2. The van der Waals surface area contributed by atoms with Crippen molar-refractivity contribution in [1.29, 1.82) is 0 Å². The number of aryl methyl sites for hydroxylation is 2. The van der Waals surface area contributed by atoms with Crippen molar-refractivity contribution in [2.45, 2.75) is 52.7 Å². The Morgan fingerprint density at radius 2 is 1.80 bits per heavy atom. The number of hydrogen-bond donors (Lipinski definition) is 1. The van der Waals surface area contributed by atoms with Crippen LogP contribution in [0.25, 0.3) is 0 Å². The van der Waals surface area contributed by atoms with E-state index < -0.39 is 6.10 Å². The highest BCUT2D eigenvalue weighted by Crippen LogP contribution is 2.25. The lowest BCUT2D eigenvalue weighted by Gasteiger charge is -2.23. The number of rotatable bonds is 7. The molecule has 0 unspecified atom stereocenters. The van der Waals surface area contributed by atoms with E-state index >= 15 is 0 Å². The summed E-state index contributed by atoms with van der Waals surface area (Å²) in [6, 6.07) is 13.5. The van der Waals surface area contributed by atoms with Crippen LogP contribution >= 0.6 is 11.6 Å². The molecule has 0 saturated carbocycles. The number of carbonyl (C=O) groups excluding carboxylic acids is 1. The number of nitrogens with one attached hydrogen (secondary N) is 1. The van der Waals surface area contributed by atoms with Crippen molar-refractivity contribution in [3.63, 3.8) is 0 Å². The summed E-state index contributed by atoms with van der Waals surface area (Å²) in [6.07, 6.45) is 0.817. The molecule has 0 aliphatic carbocycles. The zero-order valence-electron chi connectivity index (χ0n) is 15.3. The van der Waals surface area contributed by atoms with Crippen LogP contribution in [-0.4, -0.2) is 12.0 Å². The van der Waals surface area contributed by atoms with Crippen LogP contribution in [0.3, 0.4) is 0 Å². The highest BCUT2D eigenvalue weighted by molar-refractivity contribution is 6.32. The molecule has 0 aromatic heterocycles. The Labute approximate surface area is 155 Å². The van der Waals surface area contributed by atoms with Crippen LogP contribution in [0.2, 0.25) is 5.02 Å². The third-order valence-electron chi connectivity index (χ3n) is 4.43. The fourth-order valence-corrected chi connectivity index (χ4v) is 2.86. The second kappa shape index (κ2) is 8.91.